The van der Waals surface area contributed by atoms with Crippen LogP contribution in [0.25, 0.3) is 0 Å². The lowest BCUT2D eigenvalue weighted by Crippen LogP contribution is -2.39. The predicted octanol–water partition coefficient (Wildman–Crippen LogP) is 2.91. The Hall–Kier alpha value is -0.830. The number of rotatable bonds is 3. The molecule has 140 valence electrons. The van der Waals surface area contributed by atoms with Crippen molar-refractivity contribution in [1.29, 1.82) is 0 Å². The molecule has 1 aliphatic carbocycles. The third-order valence-corrected chi connectivity index (χ3v) is 6.42. The van der Waals surface area contributed by atoms with Crippen molar-refractivity contribution in [2.24, 2.45) is 16.8 Å². The Morgan fingerprint density at radius 2 is 1.72 bits per heavy atom. The Morgan fingerprint density at radius 1 is 1.16 bits per heavy atom. The molecule has 2 aliphatic rings. The van der Waals surface area contributed by atoms with Gasteiger partial charge in [0.05, 0.1) is 4.90 Å². The van der Waals surface area contributed by atoms with Gasteiger partial charge in [-0.05, 0) is 42.4 Å². The maximum absolute atomic E-state index is 11.5. The summed E-state index contributed by atoms with van der Waals surface area (Å²) in [6, 6.07) is 7.06. The molecule has 1 saturated heterocycles. The molecule has 2 unspecified atom stereocenters. The van der Waals surface area contributed by atoms with Crippen LogP contribution in [0.2, 0.25) is 0 Å². The quantitative estimate of drug-likeness (QED) is 0.413. The smallest absolute Gasteiger partial charge is 0.193 e. The van der Waals surface area contributed by atoms with E-state index in [-0.39, 0.29) is 24.0 Å². The van der Waals surface area contributed by atoms with Crippen molar-refractivity contribution in [3.05, 3.63) is 29.8 Å². The van der Waals surface area contributed by atoms with Crippen LogP contribution in [0.1, 0.15) is 31.2 Å². The topological polar surface area (TPSA) is 61.8 Å². The number of likely N-dealkylation sites (tertiary alicyclic amines) is 1. The highest BCUT2D eigenvalue weighted by atomic mass is 127. The van der Waals surface area contributed by atoms with Gasteiger partial charge in [-0.3, -0.25) is 4.99 Å². The molecule has 0 radical (unpaired) electrons. The Labute approximate surface area is 168 Å². The van der Waals surface area contributed by atoms with Crippen molar-refractivity contribution in [1.82, 2.24) is 10.2 Å². The van der Waals surface area contributed by atoms with E-state index in [0.29, 0.717) is 11.4 Å². The lowest BCUT2D eigenvalue weighted by molar-refractivity contribution is 0.299. The Bertz CT molecular complexity index is 690. The van der Waals surface area contributed by atoms with E-state index in [2.05, 4.69) is 15.2 Å². The summed E-state index contributed by atoms with van der Waals surface area (Å²) in [6.07, 6.45) is 6.67. The zero-order valence-corrected chi connectivity index (χ0v) is 18.1. The van der Waals surface area contributed by atoms with Crippen molar-refractivity contribution in [3.63, 3.8) is 0 Å². The fraction of sp³-hybridized carbons (Fsp3) is 0.611. The van der Waals surface area contributed by atoms with Crippen molar-refractivity contribution < 1.29 is 8.42 Å². The largest absolute Gasteiger partial charge is 0.352 e. The van der Waals surface area contributed by atoms with Crippen LogP contribution in [0.5, 0.6) is 0 Å². The van der Waals surface area contributed by atoms with Crippen LogP contribution >= 0.6 is 24.0 Å². The van der Waals surface area contributed by atoms with E-state index in [1.165, 1.54) is 31.9 Å². The second-order valence-electron chi connectivity index (χ2n) is 7.03. The lowest BCUT2D eigenvalue weighted by Gasteiger charge is -2.22. The molecule has 3 rings (SSSR count). The molecule has 1 aromatic rings. The predicted molar refractivity (Wildman–Crippen MR) is 112 cm³/mol. The molecule has 1 heterocycles. The summed E-state index contributed by atoms with van der Waals surface area (Å²) in [5.74, 6) is 2.61. The van der Waals surface area contributed by atoms with Crippen molar-refractivity contribution in [3.8, 4) is 0 Å². The number of sulfone groups is 1. The second-order valence-corrected chi connectivity index (χ2v) is 9.04. The maximum atomic E-state index is 11.5. The van der Waals surface area contributed by atoms with E-state index < -0.39 is 9.84 Å². The first kappa shape index (κ1) is 20.5. The molecule has 1 aliphatic heterocycles. The van der Waals surface area contributed by atoms with Crippen LogP contribution in [0.3, 0.4) is 0 Å². The van der Waals surface area contributed by atoms with Crippen LogP contribution in [0.15, 0.2) is 34.2 Å². The monoisotopic (exact) mass is 477 g/mol. The first-order valence-corrected chi connectivity index (χ1v) is 10.6. The molecule has 2 atom stereocenters. The van der Waals surface area contributed by atoms with Gasteiger partial charge in [-0.1, -0.05) is 25.0 Å². The molecule has 0 aromatic heterocycles. The van der Waals surface area contributed by atoms with Crippen molar-refractivity contribution in [2.75, 3.05) is 26.4 Å². The van der Waals surface area contributed by atoms with E-state index in [4.69, 9.17) is 0 Å². The fourth-order valence-electron chi connectivity index (χ4n) is 3.95. The van der Waals surface area contributed by atoms with E-state index in [1.54, 1.807) is 12.1 Å². The summed E-state index contributed by atoms with van der Waals surface area (Å²) in [6.45, 7) is 2.87. The summed E-state index contributed by atoms with van der Waals surface area (Å²) < 4.78 is 23.0. The summed E-state index contributed by atoms with van der Waals surface area (Å²) in [7, 11) is -1.30. The van der Waals surface area contributed by atoms with Gasteiger partial charge >= 0.3 is 0 Å². The molecule has 0 spiro atoms. The molecule has 1 aromatic carbocycles. The van der Waals surface area contributed by atoms with Gasteiger partial charge in [0.1, 0.15) is 0 Å². The molecule has 7 heteroatoms. The molecule has 2 fully saturated rings. The number of guanidine groups is 1. The van der Waals surface area contributed by atoms with Gasteiger partial charge in [0.2, 0.25) is 0 Å². The highest BCUT2D eigenvalue weighted by molar-refractivity contribution is 14.0. The minimum atomic E-state index is -3.13. The van der Waals surface area contributed by atoms with Gasteiger partial charge in [0.15, 0.2) is 15.8 Å². The summed E-state index contributed by atoms with van der Waals surface area (Å²) in [4.78, 5) is 7.18. The van der Waals surface area contributed by atoms with Crippen molar-refractivity contribution in [2.45, 2.75) is 37.1 Å². The average Bonchev–Trinajstić information content (AvgIpc) is 2.99. The Morgan fingerprint density at radius 3 is 2.20 bits per heavy atom. The number of nitrogens with one attached hydrogen (secondary N) is 1. The van der Waals surface area contributed by atoms with Crippen LogP contribution in [-0.4, -0.2) is 45.7 Å². The maximum Gasteiger partial charge on any atom is 0.193 e. The van der Waals surface area contributed by atoms with Gasteiger partial charge < -0.3 is 10.2 Å². The SMILES string of the molecule is CN=C(NCc1ccc(S(C)(=O)=O)cc1)N1CC2CCCCC2C1.I. The second kappa shape index (κ2) is 8.70. The number of hydrogen-bond donors (Lipinski definition) is 1. The molecule has 0 bridgehead atoms. The molecule has 0 amide bonds. The lowest BCUT2D eigenvalue weighted by atomic mass is 9.82. The van der Waals surface area contributed by atoms with Crippen LogP contribution in [-0.2, 0) is 16.4 Å². The Balaban J connectivity index is 0.00000225. The number of nitrogens with zero attached hydrogens (tertiary/aromatic N) is 2. The highest BCUT2D eigenvalue weighted by Gasteiger charge is 2.35. The summed E-state index contributed by atoms with van der Waals surface area (Å²) in [5.41, 5.74) is 1.06. The number of fused-ring (bicyclic) bond motifs is 1. The minimum Gasteiger partial charge on any atom is -0.352 e. The minimum absolute atomic E-state index is 0. The third kappa shape index (κ3) is 5.09. The van der Waals surface area contributed by atoms with Crippen LogP contribution in [0.4, 0.5) is 0 Å². The van der Waals surface area contributed by atoms with E-state index in [0.717, 1.165) is 36.4 Å². The number of halogens is 1. The number of hydrogen-bond acceptors (Lipinski definition) is 3. The Kier molecular flexibility index (Phi) is 7.13. The fourth-order valence-corrected chi connectivity index (χ4v) is 4.58. The molecular formula is C18H28IN3O2S. The molecule has 1 saturated carbocycles. The van der Waals surface area contributed by atoms with E-state index >= 15 is 0 Å². The average molecular weight is 477 g/mol. The summed E-state index contributed by atoms with van der Waals surface area (Å²) >= 11 is 0. The highest BCUT2D eigenvalue weighted by Crippen LogP contribution is 2.35. The van der Waals surface area contributed by atoms with Crippen LogP contribution < -0.4 is 5.32 Å². The number of aliphatic imine (C=N–C) groups is 1. The first-order chi connectivity index (χ1) is 11.5. The van der Waals surface area contributed by atoms with Gasteiger partial charge in [-0.25, -0.2) is 8.42 Å². The van der Waals surface area contributed by atoms with Crippen molar-refractivity contribution >= 4 is 39.8 Å². The first-order valence-electron chi connectivity index (χ1n) is 8.72. The normalized spacial score (nSPS) is 23.8. The van der Waals surface area contributed by atoms with E-state index in [9.17, 15) is 8.42 Å². The number of benzene rings is 1. The molecular weight excluding hydrogens is 449 g/mol. The van der Waals surface area contributed by atoms with Gasteiger partial charge in [0.25, 0.3) is 0 Å². The zero-order valence-electron chi connectivity index (χ0n) is 14.9. The molecule has 1 N–H and O–H groups in total. The van der Waals surface area contributed by atoms with Gasteiger partial charge in [0, 0.05) is 32.9 Å². The molecule has 25 heavy (non-hydrogen) atoms. The van der Waals surface area contributed by atoms with Gasteiger partial charge in [-0.15, -0.1) is 24.0 Å². The third-order valence-electron chi connectivity index (χ3n) is 5.29. The van der Waals surface area contributed by atoms with Gasteiger partial charge in [-0.2, -0.15) is 0 Å². The summed E-state index contributed by atoms with van der Waals surface area (Å²) in [5, 5.41) is 3.42. The molecule has 5 nitrogen and oxygen atoms in total. The zero-order chi connectivity index (χ0) is 17.2. The standard InChI is InChI=1S/C18H27N3O2S.HI/c1-19-18(21-12-15-5-3-4-6-16(15)13-21)20-11-14-7-9-17(10-8-14)24(2,22)23;/h7-10,15-16H,3-6,11-13H2,1-2H3,(H,19,20);1H. The van der Waals surface area contributed by atoms with E-state index in [1.807, 2.05) is 19.2 Å². The van der Waals surface area contributed by atoms with Crippen LogP contribution in [0, 0.1) is 11.8 Å².